The molecule has 0 atom stereocenters. The van der Waals surface area contributed by atoms with Gasteiger partial charge in [-0.2, -0.15) is 0 Å². The molecule has 2 heterocycles. The maximum Gasteiger partial charge on any atom is 0.418 e. The molecule has 0 saturated carbocycles. The number of carbonyl (C=O) groups excluding carboxylic acids is 2. The van der Waals surface area contributed by atoms with Gasteiger partial charge in [0.05, 0.1) is 23.4 Å². The number of nitrogens with zero attached hydrogens (tertiary/aromatic N) is 2. The van der Waals surface area contributed by atoms with Gasteiger partial charge in [0.25, 0.3) is 0 Å². The first-order valence-electron chi connectivity index (χ1n) is 9.73. The van der Waals surface area contributed by atoms with Crippen molar-refractivity contribution in [2.24, 2.45) is 0 Å². The van der Waals surface area contributed by atoms with E-state index in [4.69, 9.17) is 9.47 Å². The highest BCUT2D eigenvalue weighted by atomic mass is 19.1. The summed E-state index contributed by atoms with van der Waals surface area (Å²) in [4.78, 5) is 41.3. The van der Waals surface area contributed by atoms with Crippen molar-refractivity contribution in [1.82, 2.24) is 9.55 Å². The molecule has 0 amide bonds. The summed E-state index contributed by atoms with van der Waals surface area (Å²) in [7, 11) is 0. The number of hydrogen-bond donors (Lipinski definition) is 0. The molecule has 160 valence electrons. The number of rotatable bonds is 4. The van der Waals surface area contributed by atoms with Gasteiger partial charge in [0, 0.05) is 29.4 Å². The van der Waals surface area contributed by atoms with Crippen LogP contribution in [-0.2, 0) is 4.74 Å². The molecular formula is C24H17FN2O5. The van der Waals surface area contributed by atoms with Gasteiger partial charge >= 0.3 is 12.1 Å². The van der Waals surface area contributed by atoms with E-state index in [0.717, 1.165) is 6.07 Å². The lowest BCUT2D eigenvalue weighted by Gasteiger charge is -2.16. The number of halogens is 1. The molecule has 32 heavy (non-hydrogen) atoms. The van der Waals surface area contributed by atoms with E-state index >= 15 is 0 Å². The van der Waals surface area contributed by atoms with Gasteiger partial charge in [-0.15, -0.1) is 0 Å². The number of carbonyl (C=O) groups is 2. The van der Waals surface area contributed by atoms with Crippen molar-refractivity contribution in [3.05, 3.63) is 94.7 Å². The molecule has 0 spiro atoms. The number of fused-ring (bicyclic) bond motifs is 1. The number of pyridine rings is 2. The first-order valence-corrected chi connectivity index (χ1v) is 9.73. The van der Waals surface area contributed by atoms with Crippen molar-refractivity contribution < 1.29 is 23.5 Å². The fourth-order valence-corrected chi connectivity index (χ4v) is 3.26. The van der Waals surface area contributed by atoms with Crippen molar-refractivity contribution in [3.63, 3.8) is 0 Å². The Kier molecular flexibility index (Phi) is 5.76. The summed E-state index contributed by atoms with van der Waals surface area (Å²) in [5, 5.41) is 0.326. The first-order chi connectivity index (χ1) is 15.5. The molecule has 2 aromatic carbocycles. The zero-order chi connectivity index (χ0) is 22.7. The summed E-state index contributed by atoms with van der Waals surface area (Å²) < 4.78 is 26.3. The van der Waals surface area contributed by atoms with Gasteiger partial charge in [-0.25, -0.2) is 18.5 Å². The lowest BCUT2D eigenvalue weighted by atomic mass is 10.1. The minimum Gasteiger partial charge on any atom is -0.449 e. The summed E-state index contributed by atoms with van der Waals surface area (Å²) in [6.07, 6.45) is 2.10. The second-order valence-electron chi connectivity index (χ2n) is 6.72. The van der Waals surface area contributed by atoms with Crippen LogP contribution >= 0.6 is 0 Å². The van der Waals surface area contributed by atoms with Crippen molar-refractivity contribution in [1.29, 1.82) is 0 Å². The van der Waals surface area contributed by atoms with Crippen LogP contribution in [0.5, 0.6) is 5.75 Å². The average Bonchev–Trinajstić information content (AvgIpc) is 2.81. The Morgan fingerprint density at radius 3 is 2.59 bits per heavy atom. The molecule has 8 heteroatoms. The predicted molar refractivity (Wildman–Crippen MR) is 115 cm³/mol. The topological polar surface area (TPSA) is 87.5 Å². The summed E-state index contributed by atoms with van der Waals surface area (Å²) in [6, 6.07) is 14.7. The van der Waals surface area contributed by atoms with Gasteiger partial charge in [-0.1, -0.05) is 12.1 Å². The number of benzene rings is 2. The van der Waals surface area contributed by atoms with E-state index in [1.165, 1.54) is 41.2 Å². The van der Waals surface area contributed by atoms with Crippen LogP contribution in [0.25, 0.3) is 22.2 Å². The quantitative estimate of drug-likeness (QED) is 0.350. The third kappa shape index (κ3) is 3.98. The Morgan fingerprint density at radius 1 is 1.06 bits per heavy atom. The van der Waals surface area contributed by atoms with E-state index < -0.39 is 17.9 Å². The molecule has 7 nitrogen and oxygen atoms in total. The van der Waals surface area contributed by atoms with Crippen LogP contribution in [-0.4, -0.2) is 28.2 Å². The summed E-state index contributed by atoms with van der Waals surface area (Å²) in [5.74, 6) is -1.90. The number of hydrogen-bond acceptors (Lipinski definition) is 6. The molecule has 4 rings (SSSR count). The van der Waals surface area contributed by atoms with Crippen molar-refractivity contribution in [3.8, 4) is 17.0 Å². The number of esters is 1. The molecule has 0 aliphatic rings. The molecule has 0 N–H and O–H groups in total. The molecule has 4 aromatic rings. The Balaban J connectivity index is 1.78. The van der Waals surface area contributed by atoms with Crippen LogP contribution in [0.3, 0.4) is 0 Å². The van der Waals surface area contributed by atoms with Gasteiger partial charge in [-0.3, -0.25) is 9.78 Å². The fraction of sp³-hybridized carbons (Fsp3) is 0.0833. The van der Waals surface area contributed by atoms with Gasteiger partial charge < -0.3 is 9.47 Å². The van der Waals surface area contributed by atoms with E-state index in [1.54, 1.807) is 37.3 Å². The number of para-hydroxylation sites is 1. The van der Waals surface area contributed by atoms with Crippen LogP contribution in [0, 0.1) is 5.82 Å². The van der Waals surface area contributed by atoms with Gasteiger partial charge in [0.1, 0.15) is 0 Å². The van der Waals surface area contributed by atoms with Crippen LogP contribution in [0.4, 0.5) is 9.18 Å². The second kappa shape index (κ2) is 8.81. The normalized spacial score (nSPS) is 10.7. The van der Waals surface area contributed by atoms with Crippen LogP contribution in [0.15, 0.2) is 77.9 Å². The zero-order valence-corrected chi connectivity index (χ0v) is 16.9. The second-order valence-corrected chi connectivity index (χ2v) is 6.72. The number of ether oxygens (including phenoxy) is 2. The first kappa shape index (κ1) is 20.9. The highest BCUT2D eigenvalue weighted by Gasteiger charge is 2.19. The maximum atomic E-state index is 14.8. The van der Waals surface area contributed by atoms with Gasteiger partial charge in [-0.05, 0) is 49.4 Å². The zero-order valence-electron chi connectivity index (χ0n) is 16.9. The lowest BCUT2D eigenvalue weighted by molar-refractivity contribution is 0.0727. The van der Waals surface area contributed by atoms with Gasteiger partial charge in [0.2, 0.25) is 0 Å². The standard InChI is InChI=1S/C24H17FN2O5/c1-2-31-24(30)27-19-8-4-3-7-17(19)21(28)13-20(27)15-9-10-22(18(25)12-15)32-23(29)16-6-5-11-26-14-16/h3-14H,2H2,1H3. The Morgan fingerprint density at radius 2 is 1.88 bits per heavy atom. The maximum absolute atomic E-state index is 14.8. The van der Waals surface area contributed by atoms with Crippen LogP contribution in [0.1, 0.15) is 17.3 Å². The number of aromatic nitrogens is 2. The Labute approximate surface area is 181 Å². The molecule has 0 unspecified atom stereocenters. The molecule has 0 saturated heterocycles. The fourth-order valence-electron chi connectivity index (χ4n) is 3.26. The van der Waals surface area contributed by atoms with Crippen molar-refractivity contribution >= 4 is 23.0 Å². The van der Waals surface area contributed by atoms with E-state index in [9.17, 15) is 18.8 Å². The third-order valence-corrected chi connectivity index (χ3v) is 4.70. The summed E-state index contributed by atoms with van der Waals surface area (Å²) in [6.45, 7) is 1.78. The van der Waals surface area contributed by atoms with Crippen LogP contribution in [0.2, 0.25) is 0 Å². The van der Waals surface area contributed by atoms with Crippen molar-refractivity contribution in [2.75, 3.05) is 6.61 Å². The Hall–Kier alpha value is -4.33. The molecule has 0 radical (unpaired) electrons. The monoisotopic (exact) mass is 432 g/mol. The van der Waals surface area contributed by atoms with Crippen molar-refractivity contribution in [2.45, 2.75) is 6.92 Å². The van der Waals surface area contributed by atoms with E-state index in [2.05, 4.69) is 4.98 Å². The molecule has 0 aliphatic heterocycles. The highest BCUT2D eigenvalue weighted by molar-refractivity contribution is 5.93. The van der Waals surface area contributed by atoms with E-state index in [-0.39, 0.29) is 34.6 Å². The highest BCUT2D eigenvalue weighted by Crippen LogP contribution is 2.28. The molecule has 0 aliphatic carbocycles. The minimum atomic E-state index is -0.837. The molecule has 0 bridgehead atoms. The molecule has 0 fully saturated rings. The third-order valence-electron chi connectivity index (χ3n) is 4.70. The Bertz CT molecular complexity index is 1380. The minimum absolute atomic E-state index is 0.121. The smallest absolute Gasteiger partial charge is 0.418 e. The molecular weight excluding hydrogens is 415 g/mol. The predicted octanol–water partition coefficient (Wildman–Crippen LogP) is 4.43. The average molecular weight is 432 g/mol. The summed E-state index contributed by atoms with van der Waals surface area (Å²) in [5.41, 5.74) is 0.557. The van der Waals surface area contributed by atoms with Gasteiger partial charge in [0.15, 0.2) is 17.0 Å². The lowest BCUT2D eigenvalue weighted by Crippen LogP contribution is -2.20. The summed E-state index contributed by atoms with van der Waals surface area (Å²) >= 11 is 0. The van der Waals surface area contributed by atoms with Crippen LogP contribution < -0.4 is 10.2 Å². The SMILES string of the molecule is CCOC(=O)n1c(-c2ccc(OC(=O)c3cccnc3)c(F)c2)cc(=O)c2ccccc21. The molecule has 2 aromatic heterocycles. The largest absolute Gasteiger partial charge is 0.449 e. The van der Waals surface area contributed by atoms with E-state index in [1.807, 2.05) is 0 Å². The van der Waals surface area contributed by atoms with E-state index in [0.29, 0.717) is 10.9 Å².